The molecule has 1 aromatic heterocycles. The third kappa shape index (κ3) is 4.63. The van der Waals surface area contributed by atoms with E-state index in [1.807, 2.05) is 0 Å². The number of hydrogen-bond acceptors (Lipinski definition) is 4. The van der Waals surface area contributed by atoms with E-state index >= 15 is 0 Å². The van der Waals surface area contributed by atoms with Gasteiger partial charge >= 0.3 is 5.97 Å². The number of aromatic nitrogens is 1. The second-order valence-corrected chi connectivity index (χ2v) is 5.78. The highest BCUT2D eigenvalue weighted by atomic mass is 32.1. The lowest BCUT2D eigenvalue weighted by Gasteiger charge is -2.07. The summed E-state index contributed by atoms with van der Waals surface area (Å²) in [6, 6.07) is 5.25. The van der Waals surface area contributed by atoms with Gasteiger partial charge in [0.05, 0.1) is 17.1 Å². The van der Waals surface area contributed by atoms with Gasteiger partial charge in [0.2, 0.25) is 5.91 Å². The fourth-order valence-electron chi connectivity index (χ4n) is 1.81. The van der Waals surface area contributed by atoms with E-state index in [4.69, 9.17) is 5.11 Å². The van der Waals surface area contributed by atoms with Crippen LogP contribution in [0.25, 0.3) is 0 Å². The van der Waals surface area contributed by atoms with Gasteiger partial charge in [-0.2, -0.15) is 0 Å². The van der Waals surface area contributed by atoms with Gasteiger partial charge < -0.3 is 10.4 Å². The number of aliphatic carboxylic acids is 1. The zero-order valence-corrected chi connectivity index (χ0v) is 12.7. The average Bonchev–Trinajstić information content (AvgIpc) is 2.88. The molecule has 2 N–H and O–H groups in total. The first-order valence-electron chi connectivity index (χ1n) is 6.64. The quantitative estimate of drug-likeness (QED) is 0.852. The van der Waals surface area contributed by atoms with Crippen LogP contribution in [0.15, 0.2) is 29.6 Å². The Kier molecular flexibility index (Phi) is 5.21. The number of hydrogen-bond donors (Lipinski definition) is 2. The van der Waals surface area contributed by atoms with Crippen molar-refractivity contribution in [2.24, 2.45) is 0 Å². The molecule has 0 aliphatic rings. The Morgan fingerprint density at radius 1 is 1.36 bits per heavy atom. The highest BCUT2D eigenvalue weighted by molar-refractivity contribution is 7.09. The number of halogens is 1. The van der Waals surface area contributed by atoms with Gasteiger partial charge in [-0.3, -0.25) is 9.59 Å². The van der Waals surface area contributed by atoms with E-state index in [-0.39, 0.29) is 18.1 Å². The largest absolute Gasteiger partial charge is 0.480 e. The Morgan fingerprint density at radius 3 is 2.68 bits per heavy atom. The van der Waals surface area contributed by atoms with Crippen molar-refractivity contribution in [2.45, 2.75) is 25.8 Å². The lowest BCUT2D eigenvalue weighted by molar-refractivity contribution is -0.141. The predicted molar refractivity (Wildman–Crippen MR) is 80.3 cm³/mol. The summed E-state index contributed by atoms with van der Waals surface area (Å²) in [5.41, 5.74) is 1.53. The van der Waals surface area contributed by atoms with E-state index in [9.17, 15) is 14.0 Å². The first-order valence-corrected chi connectivity index (χ1v) is 7.52. The standard InChI is InChI=1S/C15H15FN2O3S/c1-9(15(20)21)17-13(19)7-12-8-22-14(18-12)6-10-2-4-11(16)5-3-10/h2-5,8-9H,6-7H2,1H3,(H,17,19)(H,20,21)/t9-/m1/s1. The Balaban J connectivity index is 1.92. The molecule has 2 aromatic rings. The van der Waals surface area contributed by atoms with E-state index in [0.29, 0.717) is 12.1 Å². The third-order valence-corrected chi connectivity index (χ3v) is 3.86. The van der Waals surface area contributed by atoms with E-state index in [2.05, 4.69) is 10.3 Å². The van der Waals surface area contributed by atoms with Gasteiger partial charge in [-0.25, -0.2) is 9.37 Å². The minimum absolute atomic E-state index is 0.0392. The van der Waals surface area contributed by atoms with Gasteiger partial charge in [-0.05, 0) is 24.6 Å². The smallest absolute Gasteiger partial charge is 0.325 e. The van der Waals surface area contributed by atoms with Gasteiger partial charge in [0.15, 0.2) is 0 Å². The lowest BCUT2D eigenvalue weighted by atomic mass is 10.1. The van der Waals surface area contributed by atoms with Crippen LogP contribution >= 0.6 is 11.3 Å². The third-order valence-electron chi connectivity index (χ3n) is 2.96. The molecular formula is C15H15FN2O3S. The van der Waals surface area contributed by atoms with Crippen molar-refractivity contribution in [3.8, 4) is 0 Å². The molecule has 0 radical (unpaired) electrons. The number of carbonyl (C=O) groups is 2. The molecule has 0 saturated heterocycles. The summed E-state index contributed by atoms with van der Waals surface area (Å²) < 4.78 is 12.8. The Bertz CT molecular complexity index is 670. The summed E-state index contributed by atoms with van der Waals surface area (Å²) in [4.78, 5) is 26.7. The SMILES string of the molecule is C[C@@H](NC(=O)Cc1csc(Cc2ccc(F)cc2)n1)C(=O)O. The molecule has 7 heteroatoms. The number of amides is 1. The average molecular weight is 322 g/mol. The van der Waals surface area contributed by atoms with Crippen molar-refractivity contribution in [1.82, 2.24) is 10.3 Å². The van der Waals surface area contributed by atoms with E-state index in [1.165, 1.54) is 30.4 Å². The van der Waals surface area contributed by atoms with Crippen molar-refractivity contribution < 1.29 is 19.1 Å². The molecule has 1 amide bonds. The van der Waals surface area contributed by atoms with Gasteiger partial charge in [0.25, 0.3) is 0 Å². The summed E-state index contributed by atoms with van der Waals surface area (Å²) in [6.45, 7) is 1.40. The van der Waals surface area contributed by atoms with E-state index in [0.717, 1.165) is 10.6 Å². The molecular weight excluding hydrogens is 307 g/mol. The van der Waals surface area contributed by atoms with Gasteiger partial charge in [-0.1, -0.05) is 12.1 Å². The minimum Gasteiger partial charge on any atom is -0.480 e. The molecule has 0 saturated carbocycles. The van der Waals surface area contributed by atoms with Crippen LogP contribution in [-0.4, -0.2) is 28.0 Å². The van der Waals surface area contributed by atoms with Crippen molar-refractivity contribution in [3.05, 3.63) is 51.7 Å². The number of rotatable bonds is 6. The lowest BCUT2D eigenvalue weighted by Crippen LogP contribution is -2.39. The second-order valence-electron chi connectivity index (χ2n) is 4.84. The van der Waals surface area contributed by atoms with Crippen LogP contribution in [0.4, 0.5) is 4.39 Å². The molecule has 0 bridgehead atoms. The van der Waals surface area contributed by atoms with E-state index in [1.54, 1.807) is 17.5 Å². The molecule has 5 nitrogen and oxygen atoms in total. The van der Waals surface area contributed by atoms with Crippen molar-refractivity contribution >= 4 is 23.2 Å². The molecule has 116 valence electrons. The first kappa shape index (κ1) is 16.1. The number of carboxylic acid groups (broad SMARTS) is 1. The molecule has 0 fully saturated rings. The van der Waals surface area contributed by atoms with Crippen LogP contribution < -0.4 is 5.32 Å². The Labute approximate surface area is 130 Å². The molecule has 1 aromatic carbocycles. The monoisotopic (exact) mass is 322 g/mol. The summed E-state index contributed by atoms with van der Waals surface area (Å²) in [7, 11) is 0. The zero-order valence-electron chi connectivity index (χ0n) is 11.9. The zero-order chi connectivity index (χ0) is 16.1. The molecule has 1 atom stereocenters. The second kappa shape index (κ2) is 7.13. The Hall–Kier alpha value is -2.28. The summed E-state index contributed by atoms with van der Waals surface area (Å²) in [5.74, 6) is -1.75. The van der Waals surface area contributed by atoms with Crippen molar-refractivity contribution in [3.63, 3.8) is 0 Å². The number of nitrogens with zero attached hydrogens (tertiary/aromatic N) is 1. The number of nitrogens with one attached hydrogen (secondary N) is 1. The van der Waals surface area contributed by atoms with Crippen molar-refractivity contribution in [2.75, 3.05) is 0 Å². The molecule has 2 rings (SSSR count). The maximum Gasteiger partial charge on any atom is 0.325 e. The minimum atomic E-state index is -1.08. The van der Waals surface area contributed by atoms with Crippen LogP contribution in [0.5, 0.6) is 0 Å². The molecule has 1 heterocycles. The molecule has 0 unspecified atom stereocenters. The van der Waals surface area contributed by atoms with Crippen LogP contribution in [-0.2, 0) is 22.4 Å². The number of carbonyl (C=O) groups excluding carboxylic acids is 1. The topological polar surface area (TPSA) is 79.3 Å². The van der Waals surface area contributed by atoms with Crippen molar-refractivity contribution in [1.29, 1.82) is 0 Å². The molecule has 22 heavy (non-hydrogen) atoms. The molecule has 0 spiro atoms. The maximum absolute atomic E-state index is 12.8. The Morgan fingerprint density at radius 2 is 2.05 bits per heavy atom. The van der Waals surface area contributed by atoms with Crippen LogP contribution in [0.1, 0.15) is 23.2 Å². The summed E-state index contributed by atoms with van der Waals surface area (Å²) in [5, 5.41) is 13.7. The van der Waals surface area contributed by atoms with Crippen LogP contribution in [0.3, 0.4) is 0 Å². The molecule has 0 aliphatic heterocycles. The van der Waals surface area contributed by atoms with Crippen LogP contribution in [0, 0.1) is 5.82 Å². The van der Waals surface area contributed by atoms with Gasteiger partial charge in [-0.15, -0.1) is 11.3 Å². The number of benzene rings is 1. The highest BCUT2D eigenvalue weighted by Crippen LogP contribution is 2.15. The normalized spacial score (nSPS) is 11.9. The van der Waals surface area contributed by atoms with E-state index < -0.39 is 12.0 Å². The number of carboxylic acids is 1. The van der Waals surface area contributed by atoms with Gasteiger partial charge in [0, 0.05) is 11.8 Å². The number of thiazole rings is 1. The van der Waals surface area contributed by atoms with Gasteiger partial charge in [0.1, 0.15) is 11.9 Å². The maximum atomic E-state index is 12.8. The summed E-state index contributed by atoms with van der Waals surface area (Å²) >= 11 is 1.41. The predicted octanol–water partition coefficient (Wildman–Crippen LogP) is 2.00. The highest BCUT2D eigenvalue weighted by Gasteiger charge is 2.15. The summed E-state index contributed by atoms with van der Waals surface area (Å²) in [6.07, 6.45) is 0.607. The molecule has 0 aliphatic carbocycles. The fourth-order valence-corrected chi connectivity index (χ4v) is 2.64. The fraction of sp³-hybridized carbons (Fsp3) is 0.267. The van der Waals surface area contributed by atoms with Crippen LogP contribution in [0.2, 0.25) is 0 Å². The first-order chi connectivity index (χ1) is 10.4.